The lowest BCUT2D eigenvalue weighted by molar-refractivity contribution is -0.170. The maximum atomic E-state index is 11.4. The molecule has 0 unspecified atom stereocenters. The average molecular weight is 238 g/mol. The summed E-state index contributed by atoms with van der Waals surface area (Å²) in [6.45, 7) is 0. The van der Waals surface area contributed by atoms with Crippen molar-refractivity contribution in [3.05, 3.63) is 23.8 Å². The lowest BCUT2D eigenvalue weighted by Crippen LogP contribution is -2.32. The molecule has 0 bridgehead atoms. The number of aromatic amines is 1. The lowest BCUT2D eigenvalue weighted by Gasteiger charge is -2.11. The maximum absolute atomic E-state index is 11.4. The molecule has 0 radical (unpaired) electrons. The van der Waals surface area contributed by atoms with Gasteiger partial charge in [0, 0.05) is 18.2 Å². The van der Waals surface area contributed by atoms with E-state index in [1.807, 2.05) is 4.98 Å². The molecule has 0 atom stereocenters. The minimum Gasteiger partial charge on any atom is -0.494 e. The van der Waals surface area contributed by atoms with Gasteiger partial charge in [0.05, 0.1) is 0 Å². The van der Waals surface area contributed by atoms with Crippen molar-refractivity contribution in [1.82, 2.24) is 10.0 Å². The molecule has 0 aliphatic carbocycles. The normalized spacial score (nSPS) is 14.5. The summed E-state index contributed by atoms with van der Waals surface area (Å²) in [5, 5.41) is 18.4. The highest BCUT2D eigenvalue weighted by molar-refractivity contribution is 6.12. The second kappa shape index (κ2) is 3.67. The lowest BCUT2D eigenvalue weighted by atomic mass is 10.3. The Morgan fingerprint density at radius 3 is 2.29 bits per heavy atom. The van der Waals surface area contributed by atoms with Crippen molar-refractivity contribution in [2.45, 2.75) is 0 Å². The number of H-pyrrole nitrogens is 1. The molecular formula is C9H6N2O6. The molecule has 0 spiro atoms. The molecule has 1 aliphatic rings. The van der Waals surface area contributed by atoms with Crippen LogP contribution in [0.2, 0.25) is 0 Å². The highest BCUT2D eigenvalue weighted by Crippen LogP contribution is 2.22. The van der Waals surface area contributed by atoms with E-state index in [0.29, 0.717) is 0 Å². The predicted octanol–water partition coefficient (Wildman–Crippen LogP) is -0.577. The summed E-state index contributed by atoms with van der Waals surface area (Å²) in [4.78, 5) is 40.1. The van der Waals surface area contributed by atoms with Crippen molar-refractivity contribution < 1.29 is 29.4 Å². The number of rotatable bonds is 2. The van der Waals surface area contributed by atoms with Gasteiger partial charge in [0.1, 0.15) is 5.56 Å². The highest BCUT2D eigenvalue weighted by Gasteiger charge is 2.29. The monoisotopic (exact) mass is 238 g/mol. The quantitative estimate of drug-likeness (QED) is 0.593. The SMILES string of the molecule is O=C(ON1C(=O)C=CC1=O)c1cc(O)[nH]c1O. The van der Waals surface area contributed by atoms with Gasteiger partial charge in [0.2, 0.25) is 5.88 Å². The Hall–Kier alpha value is -2.77. The fraction of sp³-hybridized carbons (Fsp3) is 0. The molecule has 8 nitrogen and oxygen atoms in total. The van der Waals surface area contributed by atoms with E-state index in [1.165, 1.54) is 0 Å². The zero-order valence-corrected chi connectivity index (χ0v) is 8.21. The first-order valence-corrected chi connectivity index (χ1v) is 4.38. The number of aromatic nitrogens is 1. The summed E-state index contributed by atoms with van der Waals surface area (Å²) in [6.07, 6.45) is 1.87. The largest absolute Gasteiger partial charge is 0.494 e. The van der Waals surface area contributed by atoms with Gasteiger partial charge < -0.3 is 15.1 Å². The number of nitrogens with one attached hydrogen (secondary N) is 1. The van der Waals surface area contributed by atoms with E-state index >= 15 is 0 Å². The zero-order chi connectivity index (χ0) is 12.6. The predicted molar refractivity (Wildman–Crippen MR) is 50.5 cm³/mol. The van der Waals surface area contributed by atoms with Crippen LogP contribution < -0.4 is 0 Å². The van der Waals surface area contributed by atoms with Gasteiger partial charge >= 0.3 is 5.97 Å². The van der Waals surface area contributed by atoms with Crippen LogP contribution in [0.1, 0.15) is 10.4 Å². The molecule has 2 rings (SSSR count). The van der Waals surface area contributed by atoms with Crippen LogP contribution in [-0.2, 0) is 14.4 Å². The molecule has 88 valence electrons. The summed E-state index contributed by atoms with van der Waals surface area (Å²) >= 11 is 0. The van der Waals surface area contributed by atoms with Crippen molar-refractivity contribution in [2.75, 3.05) is 0 Å². The molecule has 0 saturated carbocycles. The number of nitrogens with zero attached hydrogens (tertiary/aromatic N) is 1. The van der Waals surface area contributed by atoms with Crippen molar-refractivity contribution in [3.63, 3.8) is 0 Å². The van der Waals surface area contributed by atoms with Gasteiger partial charge in [-0.3, -0.25) is 14.6 Å². The van der Waals surface area contributed by atoms with Crippen LogP contribution in [0, 0.1) is 0 Å². The number of imide groups is 1. The average Bonchev–Trinajstić information content (AvgIpc) is 2.74. The van der Waals surface area contributed by atoms with E-state index in [4.69, 9.17) is 5.11 Å². The smallest absolute Gasteiger partial charge is 0.369 e. The Labute approximate surface area is 93.7 Å². The minimum atomic E-state index is -1.15. The second-order valence-corrected chi connectivity index (χ2v) is 3.10. The van der Waals surface area contributed by atoms with Gasteiger partial charge in [-0.05, 0) is 0 Å². The fourth-order valence-electron chi connectivity index (χ4n) is 1.19. The number of hydrogen-bond acceptors (Lipinski definition) is 6. The van der Waals surface area contributed by atoms with Gasteiger partial charge in [0.15, 0.2) is 5.88 Å². The Balaban J connectivity index is 2.15. The van der Waals surface area contributed by atoms with Crippen molar-refractivity contribution in [2.24, 2.45) is 0 Å². The Bertz CT molecular complexity index is 526. The number of aromatic hydroxyl groups is 2. The molecule has 2 heterocycles. The van der Waals surface area contributed by atoms with Crippen LogP contribution in [0.25, 0.3) is 0 Å². The third-order valence-electron chi connectivity index (χ3n) is 1.95. The van der Waals surface area contributed by atoms with Gasteiger partial charge in [-0.2, -0.15) is 0 Å². The van der Waals surface area contributed by atoms with E-state index in [9.17, 15) is 19.5 Å². The first-order valence-electron chi connectivity index (χ1n) is 4.38. The number of hydrogen-bond donors (Lipinski definition) is 3. The molecule has 8 heteroatoms. The van der Waals surface area contributed by atoms with E-state index in [1.54, 1.807) is 0 Å². The Morgan fingerprint density at radius 2 is 1.82 bits per heavy atom. The van der Waals surface area contributed by atoms with Gasteiger partial charge in [-0.1, -0.05) is 5.06 Å². The third-order valence-corrected chi connectivity index (χ3v) is 1.95. The van der Waals surface area contributed by atoms with Gasteiger partial charge in [0.25, 0.3) is 11.8 Å². The van der Waals surface area contributed by atoms with Crippen LogP contribution in [0.4, 0.5) is 0 Å². The van der Waals surface area contributed by atoms with Crippen molar-refractivity contribution in [1.29, 1.82) is 0 Å². The second-order valence-electron chi connectivity index (χ2n) is 3.10. The van der Waals surface area contributed by atoms with E-state index < -0.39 is 35.1 Å². The molecule has 0 saturated heterocycles. The Morgan fingerprint density at radius 1 is 1.24 bits per heavy atom. The summed E-state index contributed by atoms with van der Waals surface area (Å²) < 4.78 is 0. The molecular weight excluding hydrogens is 232 g/mol. The molecule has 1 aromatic heterocycles. The highest BCUT2D eigenvalue weighted by atomic mass is 16.7. The molecule has 3 N–H and O–H groups in total. The van der Waals surface area contributed by atoms with Crippen LogP contribution in [-0.4, -0.2) is 38.0 Å². The standard InChI is InChI=1S/C9H6N2O6/c12-5-3-4(8(15)10-5)9(16)17-11-6(13)1-2-7(11)14/h1-3,10,12,15H. The van der Waals surface area contributed by atoms with Crippen LogP contribution in [0.15, 0.2) is 18.2 Å². The topological polar surface area (TPSA) is 120 Å². The number of carbonyl (C=O) groups is 3. The molecule has 1 aliphatic heterocycles. The van der Waals surface area contributed by atoms with Crippen LogP contribution >= 0.6 is 0 Å². The first kappa shape index (κ1) is 10.7. The number of carbonyl (C=O) groups excluding carboxylic acids is 3. The number of amides is 2. The summed E-state index contributed by atoms with van der Waals surface area (Å²) in [5.41, 5.74) is -0.394. The van der Waals surface area contributed by atoms with Crippen molar-refractivity contribution >= 4 is 17.8 Å². The zero-order valence-electron chi connectivity index (χ0n) is 8.21. The number of hydroxylamine groups is 2. The molecule has 2 amide bonds. The van der Waals surface area contributed by atoms with Gasteiger partial charge in [-0.25, -0.2) is 4.79 Å². The van der Waals surface area contributed by atoms with E-state index in [2.05, 4.69) is 4.84 Å². The molecule has 0 fully saturated rings. The summed E-state index contributed by atoms with van der Waals surface area (Å²) in [6, 6.07) is 0.899. The van der Waals surface area contributed by atoms with E-state index in [0.717, 1.165) is 18.2 Å². The van der Waals surface area contributed by atoms with Gasteiger partial charge in [-0.15, -0.1) is 0 Å². The third kappa shape index (κ3) is 1.83. The summed E-state index contributed by atoms with van der Waals surface area (Å²) in [5.74, 6) is -3.83. The molecule has 17 heavy (non-hydrogen) atoms. The fourth-order valence-corrected chi connectivity index (χ4v) is 1.19. The first-order chi connectivity index (χ1) is 7.99. The maximum Gasteiger partial charge on any atom is 0.369 e. The minimum absolute atomic E-state index is 0.242. The molecule has 1 aromatic rings. The van der Waals surface area contributed by atoms with Crippen LogP contribution in [0.5, 0.6) is 11.8 Å². The Kier molecular flexibility index (Phi) is 2.32. The van der Waals surface area contributed by atoms with E-state index in [-0.39, 0.29) is 5.06 Å². The summed E-state index contributed by atoms with van der Waals surface area (Å²) in [7, 11) is 0. The molecule has 0 aromatic carbocycles. The van der Waals surface area contributed by atoms with Crippen molar-refractivity contribution in [3.8, 4) is 11.8 Å². The van der Waals surface area contributed by atoms with Crippen LogP contribution in [0.3, 0.4) is 0 Å².